The highest BCUT2D eigenvalue weighted by molar-refractivity contribution is 7.21. The monoisotopic (exact) mass is 280 g/mol. The Morgan fingerprint density at radius 3 is 2.67 bits per heavy atom. The molecule has 0 spiro atoms. The fourth-order valence-corrected chi connectivity index (χ4v) is 3.85. The second-order valence-electron chi connectivity index (χ2n) is 4.40. The van der Waals surface area contributed by atoms with Gasteiger partial charge in [-0.15, -0.1) is 22.7 Å². The van der Waals surface area contributed by atoms with Gasteiger partial charge in [-0.1, -0.05) is 18.9 Å². The molecule has 0 saturated carbocycles. The van der Waals surface area contributed by atoms with Crippen LogP contribution in [0, 0.1) is 0 Å². The summed E-state index contributed by atoms with van der Waals surface area (Å²) in [5.41, 5.74) is 0. The van der Waals surface area contributed by atoms with Crippen molar-refractivity contribution in [3.8, 4) is 9.75 Å². The fourth-order valence-electron chi connectivity index (χ4n) is 1.96. The predicted octanol–water partition coefficient (Wildman–Crippen LogP) is 5.23. The maximum atomic E-state index is 5.05. The first kappa shape index (κ1) is 13.8. The number of rotatable bonds is 8. The van der Waals surface area contributed by atoms with Gasteiger partial charge in [0.25, 0.3) is 0 Å². The summed E-state index contributed by atoms with van der Waals surface area (Å²) in [6, 6.07) is 8.87. The molecule has 1 nitrogen and oxygen atoms in total. The molecule has 2 aromatic heterocycles. The molecule has 2 aromatic rings. The Hall–Kier alpha value is -0.640. The Morgan fingerprint density at radius 1 is 1.00 bits per heavy atom. The SMILES string of the molecule is COCCCCCCc1ccc(-c2cccs2)s1. The van der Waals surface area contributed by atoms with Gasteiger partial charge in [0.05, 0.1) is 0 Å². The van der Waals surface area contributed by atoms with Crippen LogP contribution in [0.1, 0.15) is 30.6 Å². The molecule has 98 valence electrons. The van der Waals surface area contributed by atoms with E-state index in [0.29, 0.717) is 0 Å². The van der Waals surface area contributed by atoms with Crippen molar-refractivity contribution in [1.82, 2.24) is 0 Å². The topological polar surface area (TPSA) is 9.23 Å². The zero-order chi connectivity index (χ0) is 12.6. The van der Waals surface area contributed by atoms with E-state index in [2.05, 4.69) is 29.6 Å². The van der Waals surface area contributed by atoms with Crippen molar-refractivity contribution in [2.24, 2.45) is 0 Å². The van der Waals surface area contributed by atoms with Crippen LogP contribution >= 0.6 is 22.7 Å². The number of methoxy groups -OCH3 is 1. The molecule has 0 aliphatic carbocycles. The first-order valence-electron chi connectivity index (χ1n) is 6.51. The van der Waals surface area contributed by atoms with Crippen LogP contribution in [-0.2, 0) is 11.2 Å². The van der Waals surface area contributed by atoms with E-state index in [1.165, 1.54) is 46.7 Å². The molecule has 2 rings (SSSR count). The maximum absolute atomic E-state index is 5.05. The molecule has 3 heteroatoms. The quantitative estimate of drug-likeness (QED) is 0.602. The van der Waals surface area contributed by atoms with Crippen LogP contribution < -0.4 is 0 Å². The molecule has 0 unspecified atom stereocenters. The Kier molecular flexibility index (Phi) is 5.91. The molecule has 0 atom stereocenters. The number of hydrogen-bond acceptors (Lipinski definition) is 3. The second kappa shape index (κ2) is 7.72. The van der Waals surface area contributed by atoms with Gasteiger partial charge >= 0.3 is 0 Å². The number of unbranched alkanes of at least 4 members (excludes halogenated alkanes) is 3. The third kappa shape index (κ3) is 4.23. The fraction of sp³-hybridized carbons (Fsp3) is 0.467. The van der Waals surface area contributed by atoms with Gasteiger partial charge in [0, 0.05) is 28.3 Å². The molecule has 0 radical (unpaired) electrons. The van der Waals surface area contributed by atoms with Crippen molar-refractivity contribution < 1.29 is 4.74 Å². The zero-order valence-electron chi connectivity index (χ0n) is 10.9. The van der Waals surface area contributed by atoms with Gasteiger partial charge in [-0.3, -0.25) is 0 Å². The largest absolute Gasteiger partial charge is 0.385 e. The Morgan fingerprint density at radius 2 is 1.89 bits per heavy atom. The van der Waals surface area contributed by atoms with Crippen LogP contribution in [0.15, 0.2) is 29.6 Å². The van der Waals surface area contributed by atoms with Crippen molar-refractivity contribution in [3.63, 3.8) is 0 Å². The summed E-state index contributed by atoms with van der Waals surface area (Å²) in [6.07, 6.45) is 6.32. The summed E-state index contributed by atoms with van der Waals surface area (Å²) >= 11 is 3.77. The van der Waals surface area contributed by atoms with Gasteiger partial charge in [-0.05, 0) is 42.8 Å². The first-order valence-corrected chi connectivity index (χ1v) is 8.21. The molecule has 0 saturated heterocycles. The molecule has 0 bridgehead atoms. The minimum absolute atomic E-state index is 0.904. The van der Waals surface area contributed by atoms with Crippen LogP contribution in [0.5, 0.6) is 0 Å². The molecular weight excluding hydrogens is 260 g/mol. The van der Waals surface area contributed by atoms with E-state index in [0.717, 1.165) is 6.61 Å². The summed E-state index contributed by atoms with van der Waals surface area (Å²) in [7, 11) is 1.78. The van der Waals surface area contributed by atoms with E-state index in [4.69, 9.17) is 4.74 Å². The lowest BCUT2D eigenvalue weighted by atomic mass is 10.1. The van der Waals surface area contributed by atoms with E-state index in [-0.39, 0.29) is 0 Å². The van der Waals surface area contributed by atoms with E-state index in [1.54, 1.807) is 7.11 Å². The Labute approximate surface area is 117 Å². The van der Waals surface area contributed by atoms with Gasteiger partial charge < -0.3 is 4.74 Å². The summed E-state index contributed by atoms with van der Waals surface area (Å²) in [5.74, 6) is 0. The van der Waals surface area contributed by atoms with Crippen LogP contribution in [-0.4, -0.2) is 13.7 Å². The van der Waals surface area contributed by atoms with Crippen LogP contribution in [0.4, 0.5) is 0 Å². The van der Waals surface area contributed by atoms with Gasteiger partial charge in [0.1, 0.15) is 0 Å². The number of ether oxygens (including phenoxy) is 1. The molecule has 0 aromatic carbocycles. The van der Waals surface area contributed by atoms with Crippen LogP contribution in [0.2, 0.25) is 0 Å². The van der Waals surface area contributed by atoms with Gasteiger partial charge in [-0.2, -0.15) is 0 Å². The number of hydrogen-bond donors (Lipinski definition) is 0. The summed E-state index contributed by atoms with van der Waals surface area (Å²) in [6.45, 7) is 0.904. The number of thiophene rings is 2. The third-order valence-corrected chi connectivity index (χ3v) is 5.16. The standard InChI is InChI=1S/C15H20OS2/c1-16-11-5-3-2-4-7-13-9-10-15(18-13)14-8-6-12-17-14/h6,8-10,12H,2-5,7,11H2,1H3. The average Bonchev–Trinajstić information content (AvgIpc) is 3.03. The zero-order valence-corrected chi connectivity index (χ0v) is 12.5. The lowest BCUT2D eigenvalue weighted by Gasteiger charge is -1.99. The van der Waals surface area contributed by atoms with Crippen molar-refractivity contribution in [2.75, 3.05) is 13.7 Å². The van der Waals surface area contributed by atoms with Crippen LogP contribution in [0.25, 0.3) is 9.75 Å². The highest BCUT2D eigenvalue weighted by atomic mass is 32.1. The summed E-state index contributed by atoms with van der Waals surface area (Å²) in [5, 5.41) is 2.14. The molecule has 0 aliphatic heterocycles. The first-order chi connectivity index (χ1) is 8.90. The average molecular weight is 280 g/mol. The molecule has 18 heavy (non-hydrogen) atoms. The van der Waals surface area contributed by atoms with Crippen LogP contribution in [0.3, 0.4) is 0 Å². The van der Waals surface area contributed by atoms with Crippen molar-refractivity contribution in [3.05, 3.63) is 34.5 Å². The van der Waals surface area contributed by atoms with Crippen molar-refractivity contribution >= 4 is 22.7 Å². The number of aryl methyl sites for hydroxylation is 1. The predicted molar refractivity (Wildman–Crippen MR) is 81.7 cm³/mol. The van der Waals surface area contributed by atoms with E-state index in [1.807, 2.05) is 22.7 Å². The van der Waals surface area contributed by atoms with E-state index >= 15 is 0 Å². The highest BCUT2D eigenvalue weighted by Gasteiger charge is 2.03. The van der Waals surface area contributed by atoms with Gasteiger partial charge in [-0.25, -0.2) is 0 Å². The molecule has 2 heterocycles. The van der Waals surface area contributed by atoms with Crippen molar-refractivity contribution in [1.29, 1.82) is 0 Å². The summed E-state index contributed by atoms with van der Waals surface area (Å²) in [4.78, 5) is 4.33. The van der Waals surface area contributed by atoms with Crippen molar-refractivity contribution in [2.45, 2.75) is 32.1 Å². The minimum Gasteiger partial charge on any atom is -0.385 e. The molecule has 0 amide bonds. The van der Waals surface area contributed by atoms with E-state index < -0.39 is 0 Å². The minimum atomic E-state index is 0.904. The summed E-state index contributed by atoms with van der Waals surface area (Å²) < 4.78 is 5.05. The normalized spacial score (nSPS) is 10.9. The van der Waals surface area contributed by atoms with Gasteiger partial charge in [0.2, 0.25) is 0 Å². The molecule has 0 fully saturated rings. The molecular formula is C15H20OS2. The lowest BCUT2D eigenvalue weighted by Crippen LogP contribution is -1.88. The van der Waals surface area contributed by atoms with Gasteiger partial charge in [0.15, 0.2) is 0 Å². The molecule has 0 aliphatic rings. The maximum Gasteiger partial charge on any atom is 0.0462 e. The highest BCUT2D eigenvalue weighted by Crippen LogP contribution is 2.32. The third-order valence-electron chi connectivity index (χ3n) is 2.95. The molecule has 0 N–H and O–H groups in total. The smallest absolute Gasteiger partial charge is 0.0462 e. The lowest BCUT2D eigenvalue weighted by molar-refractivity contribution is 0.192. The second-order valence-corrected chi connectivity index (χ2v) is 6.52. The van der Waals surface area contributed by atoms with E-state index in [9.17, 15) is 0 Å². The Balaban J connectivity index is 1.71. The Bertz CT molecular complexity index is 431.